The monoisotopic (exact) mass is 280 g/mol. The maximum Gasteiger partial charge on any atom is 0.0925 e. The number of thiazole rings is 1. The number of nitrogens with zero attached hydrogens (tertiary/aromatic N) is 1. The van der Waals surface area contributed by atoms with Crippen molar-refractivity contribution in [2.45, 2.75) is 46.2 Å². The molecule has 1 unspecified atom stereocenters. The zero-order valence-electron chi connectivity index (χ0n) is 11.2. The van der Waals surface area contributed by atoms with Crippen molar-refractivity contribution in [3.8, 4) is 0 Å². The molecule has 18 heavy (non-hydrogen) atoms. The van der Waals surface area contributed by atoms with Crippen molar-refractivity contribution in [3.05, 3.63) is 38.0 Å². The van der Waals surface area contributed by atoms with Gasteiger partial charge in [0.25, 0.3) is 0 Å². The van der Waals surface area contributed by atoms with E-state index in [1.165, 1.54) is 19.6 Å². The maximum absolute atomic E-state index is 4.38. The molecule has 0 aromatic carbocycles. The predicted octanol–water partition coefficient (Wildman–Crippen LogP) is 3.80. The van der Waals surface area contributed by atoms with Gasteiger partial charge in [-0.25, -0.2) is 4.98 Å². The lowest BCUT2D eigenvalue weighted by atomic mass is 10.2. The lowest BCUT2D eigenvalue weighted by Crippen LogP contribution is -2.26. The van der Waals surface area contributed by atoms with Crippen molar-refractivity contribution >= 4 is 22.7 Å². The fraction of sp³-hybridized carbons (Fsp3) is 0.500. The number of hydrogen-bond donors (Lipinski definition) is 1. The third-order valence-corrected chi connectivity index (χ3v) is 5.00. The van der Waals surface area contributed by atoms with E-state index in [0.717, 1.165) is 19.4 Å². The summed E-state index contributed by atoms with van der Waals surface area (Å²) in [5.74, 6) is 0. The molecule has 2 nitrogen and oxygen atoms in total. The van der Waals surface area contributed by atoms with Gasteiger partial charge in [-0.3, -0.25) is 0 Å². The summed E-state index contributed by atoms with van der Waals surface area (Å²) < 4.78 is 0. The molecule has 0 aliphatic heterocycles. The zero-order valence-corrected chi connectivity index (χ0v) is 12.8. The molecule has 2 aromatic heterocycles. The van der Waals surface area contributed by atoms with E-state index in [2.05, 4.69) is 43.2 Å². The van der Waals surface area contributed by atoms with Crippen LogP contribution in [0.5, 0.6) is 0 Å². The Kier molecular flexibility index (Phi) is 4.92. The van der Waals surface area contributed by atoms with Gasteiger partial charge in [-0.15, -0.1) is 22.7 Å². The molecule has 2 heterocycles. The van der Waals surface area contributed by atoms with Crippen LogP contribution in [0.2, 0.25) is 0 Å². The molecular formula is C14H20N2S2. The Labute approximate surface area is 117 Å². The SMILES string of the molecule is CCc1ncc(CNC(C)Cc2ccc(C)s2)s1. The van der Waals surface area contributed by atoms with Gasteiger partial charge in [0, 0.05) is 33.4 Å². The van der Waals surface area contributed by atoms with E-state index in [0.29, 0.717) is 6.04 Å². The third kappa shape index (κ3) is 3.90. The molecule has 0 bridgehead atoms. The Morgan fingerprint density at radius 3 is 2.72 bits per heavy atom. The van der Waals surface area contributed by atoms with Crippen LogP contribution in [0.3, 0.4) is 0 Å². The third-order valence-electron chi connectivity index (χ3n) is 2.83. The second-order valence-corrected chi connectivity index (χ2v) is 7.14. The molecule has 0 spiro atoms. The number of hydrogen-bond acceptors (Lipinski definition) is 4. The number of nitrogens with one attached hydrogen (secondary N) is 1. The van der Waals surface area contributed by atoms with Crippen molar-refractivity contribution in [1.29, 1.82) is 0 Å². The summed E-state index contributed by atoms with van der Waals surface area (Å²) in [5.41, 5.74) is 0. The first-order valence-corrected chi connectivity index (χ1v) is 8.03. The van der Waals surface area contributed by atoms with Gasteiger partial charge in [-0.2, -0.15) is 0 Å². The summed E-state index contributed by atoms with van der Waals surface area (Å²) in [4.78, 5) is 8.57. The summed E-state index contributed by atoms with van der Waals surface area (Å²) >= 11 is 3.71. The lowest BCUT2D eigenvalue weighted by Gasteiger charge is -2.11. The number of aryl methyl sites for hydroxylation is 2. The molecule has 1 atom stereocenters. The highest BCUT2D eigenvalue weighted by atomic mass is 32.1. The molecule has 2 aromatic rings. The fourth-order valence-corrected chi connectivity index (χ4v) is 3.67. The van der Waals surface area contributed by atoms with Crippen molar-refractivity contribution in [2.24, 2.45) is 0 Å². The Morgan fingerprint density at radius 1 is 1.28 bits per heavy atom. The zero-order chi connectivity index (χ0) is 13.0. The highest BCUT2D eigenvalue weighted by molar-refractivity contribution is 7.12. The van der Waals surface area contributed by atoms with Crippen LogP contribution in [0, 0.1) is 6.92 Å². The standard InChI is InChI=1S/C14H20N2S2/c1-4-14-16-9-13(18-14)8-15-10(2)7-12-6-5-11(3)17-12/h5-6,9-10,15H,4,7-8H2,1-3H3. The first kappa shape index (κ1) is 13.7. The van der Waals surface area contributed by atoms with Gasteiger partial charge in [-0.1, -0.05) is 6.92 Å². The van der Waals surface area contributed by atoms with Crippen LogP contribution in [0.15, 0.2) is 18.3 Å². The molecule has 1 N–H and O–H groups in total. The lowest BCUT2D eigenvalue weighted by molar-refractivity contribution is 0.552. The molecule has 4 heteroatoms. The predicted molar refractivity (Wildman–Crippen MR) is 80.6 cm³/mol. The second kappa shape index (κ2) is 6.45. The van der Waals surface area contributed by atoms with Crippen LogP contribution >= 0.6 is 22.7 Å². The molecule has 0 fully saturated rings. The summed E-state index contributed by atoms with van der Waals surface area (Å²) in [6, 6.07) is 4.94. The molecule has 98 valence electrons. The van der Waals surface area contributed by atoms with E-state index >= 15 is 0 Å². The molecule has 0 saturated heterocycles. The van der Waals surface area contributed by atoms with Gasteiger partial charge >= 0.3 is 0 Å². The average molecular weight is 280 g/mol. The molecule has 0 aliphatic carbocycles. The highest BCUT2D eigenvalue weighted by Gasteiger charge is 2.06. The molecule has 0 radical (unpaired) electrons. The van der Waals surface area contributed by atoms with E-state index in [1.807, 2.05) is 28.9 Å². The van der Waals surface area contributed by atoms with Crippen LogP contribution in [-0.2, 0) is 19.4 Å². The summed E-state index contributed by atoms with van der Waals surface area (Å²) in [6.45, 7) is 7.49. The van der Waals surface area contributed by atoms with E-state index < -0.39 is 0 Å². The number of aromatic nitrogens is 1. The Balaban J connectivity index is 1.79. The van der Waals surface area contributed by atoms with Crippen LogP contribution in [-0.4, -0.2) is 11.0 Å². The summed E-state index contributed by atoms with van der Waals surface area (Å²) in [7, 11) is 0. The fourth-order valence-electron chi connectivity index (χ4n) is 1.84. The normalized spacial score (nSPS) is 12.8. The van der Waals surface area contributed by atoms with E-state index in [1.54, 1.807) is 0 Å². The smallest absolute Gasteiger partial charge is 0.0925 e. The van der Waals surface area contributed by atoms with Gasteiger partial charge in [0.05, 0.1) is 5.01 Å². The maximum atomic E-state index is 4.38. The van der Waals surface area contributed by atoms with Gasteiger partial charge in [0.2, 0.25) is 0 Å². The van der Waals surface area contributed by atoms with Crippen LogP contribution in [0.25, 0.3) is 0 Å². The molecule has 0 saturated carbocycles. The molecular weight excluding hydrogens is 260 g/mol. The van der Waals surface area contributed by atoms with Crippen LogP contribution in [0.1, 0.15) is 33.5 Å². The van der Waals surface area contributed by atoms with Gasteiger partial charge in [0.15, 0.2) is 0 Å². The topological polar surface area (TPSA) is 24.9 Å². The van der Waals surface area contributed by atoms with Crippen LogP contribution in [0.4, 0.5) is 0 Å². The molecule has 0 amide bonds. The largest absolute Gasteiger partial charge is 0.309 e. The van der Waals surface area contributed by atoms with Gasteiger partial charge < -0.3 is 5.32 Å². The summed E-state index contributed by atoms with van der Waals surface area (Å²) in [6.07, 6.45) is 4.14. The summed E-state index contributed by atoms with van der Waals surface area (Å²) in [5, 5.41) is 4.80. The van der Waals surface area contributed by atoms with Gasteiger partial charge in [0.1, 0.15) is 0 Å². The van der Waals surface area contributed by atoms with Crippen molar-refractivity contribution in [2.75, 3.05) is 0 Å². The van der Waals surface area contributed by atoms with Crippen molar-refractivity contribution < 1.29 is 0 Å². The first-order valence-electron chi connectivity index (χ1n) is 6.39. The van der Waals surface area contributed by atoms with Crippen molar-refractivity contribution in [1.82, 2.24) is 10.3 Å². The Bertz CT molecular complexity index is 487. The Hall–Kier alpha value is -0.710. The van der Waals surface area contributed by atoms with Crippen LogP contribution < -0.4 is 5.32 Å². The van der Waals surface area contributed by atoms with E-state index in [9.17, 15) is 0 Å². The van der Waals surface area contributed by atoms with E-state index in [-0.39, 0.29) is 0 Å². The Morgan fingerprint density at radius 2 is 2.11 bits per heavy atom. The second-order valence-electron chi connectivity index (χ2n) is 4.57. The number of rotatable bonds is 6. The molecule has 0 aliphatic rings. The average Bonchev–Trinajstić information content (AvgIpc) is 2.95. The first-order chi connectivity index (χ1) is 8.67. The van der Waals surface area contributed by atoms with Crippen molar-refractivity contribution in [3.63, 3.8) is 0 Å². The minimum Gasteiger partial charge on any atom is -0.309 e. The minimum atomic E-state index is 0.509. The number of thiophene rings is 1. The minimum absolute atomic E-state index is 0.509. The highest BCUT2D eigenvalue weighted by Crippen LogP contribution is 2.17. The van der Waals surface area contributed by atoms with E-state index in [4.69, 9.17) is 0 Å². The quantitative estimate of drug-likeness (QED) is 0.870. The molecule has 2 rings (SSSR count). The van der Waals surface area contributed by atoms with Gasteiger partial charge in [-0.05, 0) is 38.8 Å².